The van der Waals surface area contributed by atoms with Gasteiger partial charge >= 0.3 is 0 Å². The number of hydrogen-bond donors (Lipinski definition) is 0. The van der Waals surface area contributed by atoms with Crippen molar-refractivity contribution in [1.82, 2.24) is 14.9 Å². The third-order valence-corrected chi connectivity index (χ3v) is 9.33. The molecule has 1 aliphatic heterocycles. The molecule has 6 rings (SSSR count). The Morgan fingerprint density at radius 1 is 1.07 bits per heavy atom. The van der Waals surface area contributed by atoms with Gasteiger partial charge in [-0.25, -0.2) is 9.97 Å². The third-order valence-electron chi connectivity index (χ3n) is 8.18. The van der Waals surface area contributed by atoms with Crippen LogP contribution < -0.4 is 4.90 Å². The first-order valence-electron chi connectivity index (χ1n) is 14.0. The second kappa shape index (κ2) is 11.0. The fourth-order valence-corrected chi connectivity index (χ4v) is 7.25. The number of piperazine rings is 1. The smallest absolute Gasteiger partial charge is 0.273 e. The van der Waals surface area contributed by atoms with Crippen molar-refractivity contribution in [3.8, 4) is 0 Å². The van der Waals surface area contributed by atoms with E-state index < -0.39 is 4.92 Å². The minimum absolute atomic E-state index is 0.0209. The number of carbonyl (C=O) groups excluding carboxylic acids is 1. The average Bonchev–Trinajstić information content (AvgIpc) is 3.33. The number of anilines is 1. The third kappa shape index (κ3) is 5.18. The van der Waals surface area contributed by atoms with Gasteiger partial charge in [0, 0.05) is 54.7 Å². The van der Waals surface area contributed by atoms with Crippen LogP contribution >= 0.6 is 11.3 Å². The molecule has 1 amide bonds. The molecule has 9 heteroatoms. The second-order valence-corrected chi connectivity index (χ2v) is 12.1. The van der Waals surface area contributed by atoms with Crippen molar-refractivity contribution in [2.45, 2.75) is 46.0 Å². The highest BCUT2D eigenvalue weighted by molar-refractivity contribution is 7.19. The van der Waals surface area contributed by atoms with Gasteiger partial charge in [0.05, 0.1) is 10.3 Å². The molecule has 1 fully saturated rings. The molecule has 4 aromatic rings. The number of nitrogens with zero attached hydrogens (tertiary/aromatic N) is 5. The molecule has 1 unspecified atom stereocenters. The molecule has 1 atom stereocenters. The molecule has 0 radical (unpaired) electrons. The molecule has 8 nitrogen and oxygen atoms in total. The number of aromatic nitrogens is 2. The molecule has 2 aliphatic rings. The number of fused-ring (bicyclic) bond motifs is 3. The maximum Gasteiger partial charge on any atom is 0.273 e. The van der Waals surface area contributed by atoms with Gasteiger partial charge < -0.3 is 9.80 Å². The lowest BCUT2D eigenvalue weighted by Crippen LogP contribution is -2.49. The van der Waals surface area contributed by atoms with Gasteiger partial charge in [-0.3, -0.25) is 14.9 Å². The number of thiophene rings is 1. The van der Waals surface area contributed by atoms with Gasteiger partial charge in [-0.05, 0) is 55.7 Å². The van der Waals surface area contributed by atoms with Crippen LogP contribution in [0.2, 0.25) is 0 Å². The van der Waals surface area contributed by atoms with Gasteiger partial charge in [-0.15, -0.1) is 11.3 Å². The van der Waals surface area contributed by atoms with Crippen molar-refractivity contribution in [2.75, 3.05) is 31.1 Å². The Kier molecular flexibility index (Phi) is 7.23. The molecule has 0 N–H and O–H groups in total. The molecule has 2 aromatic carbocycles. The highest BCUT2D eigenvalue weighted by Gasteiger charge is 2.29. The summed E-state index contributed by atoms with van der Waals surface area (Å²) in [4.78, 5) is 41.1. The summed E-state index contributed by atoms with van der Waals surface area (Å²) < 4.78 is 0. The minimum atomic E-state index is -0.428. The number of aryl methyl sites for hydroxylation is 4. The maximum atomic E-state index is 13.3. The summed E-state index contributed by atoms with van der Waals surface area (Å²) >= 11 is 1.83. The van der Waals surface area contributed by atoms with Crippen LogP contribution in [0.15, 0.2) is 48.5 Å². The van der Waals surface area contributed by atoms with Gasteiger partial charge in [0.2, 0.25) is 0 Å². The molecular formula is C31H33N5O3S. The maximum absolute atomic E-state index is 13.3. The fraction of sp³-hybridized carbons (Fsp3) is 0.387. The summed E-state index contributed by atoms with van der Waals surface area (Å²) in [5.74, 6) is 2.38. The molecule has 206 valence electrons. The van der Waals surface area contributed by atoms with E-state index in [0.717, 1.165) is 42.2 Å². The molecule has 1 aliphatic carbocycles. The predicted molar refractivity (Wildman–Crippen MR) is 158 cm³/mol. The first kappa shape index (κ1) is 26.4. The zero-order valence-corrected chi connectivity index (χ0v) is 23.7. The van der Waals surface area contributed by atoms with E-state index in [4.69, 9.17) is 9.97 Å². The lowest BCUT2D eigenvalue weighted by atomic mass is 9.89. The predicted octanol–water partition coefficient (Wildman–Crippen LogP) is 5.78. The van der Waals surface area contributed by atoms with E-state index in [2.05, 4.69) is 36.1 Å². The van der Waals surface area contributed by atoms with E-state index in [1.54, 1.807) is 24.0 Å². The Bertz CT molecular complexity index is 1580. The Morgan fingerprint density at radius 3 is 2.60 bits per heavy atom. The zero-order chi connectivity index (χ0) is 27.8. The molecular weight excluding hydrogens is 522 g/mol. The lowest BCUT2D eigenvalue weighted by molar-refractivity contribution is -0.385. The van der Waals surface area contributed by atoms with Crippen LogP contribution in [0.3, 0.4) is 0 Å². The fourth-order valence-electron chi connectivity index (χ4n) is 5.85. The standard InChI is InChI=1S/C31H33N5O3S/c1-20-8-12-24-26(18-20)40-30-28(24)29(32-27(33-30)13-10-22-6-4-3-5-7-22)34-14-16-35(17-15-34)31(37)23-11-9-21(2)25(19-23)36(38)39/h3-7,9,11,19-20H,8,10,12-18H2,1-2H3. The van der Waals surface area contributed by atoms with Gasteiger partial charge in [0.1, 0.15) is 16.5 Å². The van der Waals surface area contributed by atoms with E-state index in [0.29, 0.717) is 43.2 Å². The Labute approximate surface area is 237 Å². The average molecular weight is 556 g/mol. The number of carbonyl (C=O) groups is 1. The van der Waals surface area contributed by atoms with Gasteiger partial charge in [-0.1, -0.05) is 43.3 Å². The van der Waals surface area contributed by atoms with Gasteiger partial charge in [0.15, 0.2) is 0 Å². The van der Waals surface area contributed by atoms with E-state index in [-0.39, 0.29) is 11.6 Å². The molecule has 0 saturated carbocycles. The Hall–Kier alpha value is -3.85. The quantitative estimate of drug-likeness (QED) is 0.221. The van der Waals surface area contributed by atoms with E-state index >= 15 is 0 Å². The molecule has 1 saturated heterocycles. The van der Waals surface area contributed by atoms with Crippen LogP contribution in [0.1, 0.15) is 51.1 Å². The van der Waals surface area contributed by atoms with Crippen LogP contribution in [0.5, 0.6) is 0 Å². The summed E-state index contributed by atoms with van der Waals surface area (Å²) in [7, 11) is 0. The first-order valence-corrected chi connectivity index (χ1v) is 14.8. The Morgan fingerprint density at radius 2 is 1.85 bits per heavy atom. The summed E-state index contributed by atoms with van der Waals surface area (Å²) in [6.45, 7) is 6.40. The first-order chi connectivity index (χ1) is 19.4. The number of amides is 1. The van der Waals surface area contributed by atoms with Crippen molar-refractivity contribution in [3.05, 3.63) is 91.6 Å². The summed E-state index contributed by atoms with van der Waals surface area (Å²) in [6, 6.07) is 15.2. The zero-order valence-electron chi connectivity index (χ0n) is 22.9. The van der Waals surface area contributed by atoms with Crippen molar-refractivity contribution < 1.29 is 9.72 Å². The lowest BCUT2D eigenvalue weighted by Gasteiger charge is -2.36. The normalized spacial score (nSPS) is 17.2. The van der Waals surface area contributed by atoms with Crippen LogP contribution in [0.25, 0.3) is 10.2 Å². The minimum Gasteiger partial charge on any atom is -0.352 e. The molecule has 2 aromatic heterocycles. The van der Waals surface area contributed by atoms with Crippen LogP contribution in [-0.2, 0) is 25.7 Å². The SMILES string of the molecule is Cc1ccc(C(=O)N2CCN(c3nc(CCc4ccccc4)nc4sc5c(c34)CCC(C)C5)CC2)cc1[N+](=O)[O-]. The van der Waals surface area contributed by atoms with E-state index in [9.17, 15) is 14.9 Å². The van der Waals surface area contributed by atoms with Crippen molar-refractivity contribution >= 4 is 39.0 Å². The second-order valence-electron chi connectivity index (χ2n) is 11.0. The van der Waals surface area contributed by atoms with Gasteiger partial charge in [0.25, 0.3) is 11.6 Å². The molecule has 3 heterocycles. The number of benzene rings is 2. The summed E-state index contributed by atoms with van der Waals surface area (Å²) in [5, 5.41) is 12.6. The van der Waals surface area contributed by atoms with Crippen LogP contribution in [0.4, 0.5) is 11.5 Å². The van der Waals surface area contributed by atoms with E-state index in [1.807, 2.05) is 17.4 Å². The molecule has 40 heavy (non-hydrogen) atoms. The van der Waals surface area contributed by atoms with Crippen molar-refractivity contribution in [2.24, 2.45) is 5.92 Å². The van der Waals surface area contributed by atoms with Crippen molar-refractivity contribution in [1.29, 1.82) is 0 Å². The van der Waals surface area contributed by atoms with Crippen LogP contribution in [0, 0.1) is 23.0 Å². The summed E-state index contributed by atoms with van der Waals surface area (Å²) in [6.07, 6.45) is 5.00. The van der Waals surface area contributed by atoms with E-state index in [1.165, 1.54) is 33.9 Å². The highest BCUT2D eigenvalue weighted by Crippen LogP contribution is 2.41. The molecule has 0 bridgehead atoms. The monoisotopic (exact) mass is 555 g/mol. The van der Waals surface area contributed by atoms with Crippen molar-refractivity contribution in [3.63, 3.8) is 0 Å². The number of nitro benzene ring substituents is 1. The number of nitro groups is 1. The molecule has 0 spiro atoms. The number of rotatable bonds is 6. The topological polar surface area (TPSA) is 92.5 Å². The Balaban J connectivity index is 1.26. The highest BCUT2D eigenvalue weighted by atomic mass is 32.1. The summed E-state index contributed by atoms with van der Waals surface area (Å²) in [5.41, 5.74) is 3.58. The number of hydrogen-bond acceptors (Lipinski definition) is 7. The van der Waals surface area contributed by atoms with Crippen LogP contribution in [-0.4, -0.2) is 51.9 Å². The van der Waals surface area contributed by atoms with Gasteiger partial charge in [-0.2, -0.15) is 0 Å². The largest absolute Gasteiger partial charge is 0.352 e.